The molecule has 3 aromatic rings. The summed E-state index contributed by atoms with van der Waals surface area (Å²) in [4.78, 5) is 28.5. The summed E-state index contributed by atoms with van der Waals surface area (Å²) in [5, 5.41) is 15.9. The van der Waals surface area contributed by atoms with E-state index in [2.05, 4.69) is 16.4 Å². The third kappa shape index (κ3) is 2.37. The molecular formula is C17H15N3O3S. The highest BCUT2D eigenvalue weighted by Gasteiger charge is 2.31. The van der Waals surface area contributed by atoms with Crippen molar-refractivity contribution >= 4 is 33.8 Å². The van der Waals surface area contributed by atoms with Gasteiger partial charge in [0.2, 0.25) is 0 Å². The molecule has 6 nitrogen and oxygen atoms in total. The second-order valence-electron chi connectivity index (χ2n) is 5.89. The Hall–Kier alpha value is -2.67. The number of thiophene rings is 1. The van der Waals surface area contributed by atoms with Gasteiger partial charge in [-0.15, -0.1) is 0 Å². The van der Waals surface area contributed by atoms with Gasteiger partial charge in [-0.2, -0.15) is 11.3 Å². The number of nitro benzene ring substituents is 1. The summed E-state index contributed by atoms with van der Waals surface area (Å²) in [5.41, 5.74) is 1.95. The van der Waals surface area contributed by atoms with Crippen LogP contribution in [-0.4, -0.2) is 27.3 Å². The lowest BCUT2D eigenvalue weighted by molar-refractivity contribution is -0.383. The van der Waals surface area contributed by atoms with Crippen molar-refractivity contribution in [3.05, 3.63) is 62.5 Å². The maximum atomic E-state index is 12.9. The number of aromatic amines is 1. The van der Waals surface area contributed by atoms with Crippen LogP contribution in [0.2, 0.25) is 0 Å². The molecule has 3 heterocycles. The summed E-state index contributed by atoms with van der Waals surface area (Å²) in [7, 11) is 0. The molecule has 0 aliphatic carbocycles. The van der Waals surface area contributed by atoms with Crippen LogP contribution in [0.15, 0.2) is 41.1 Å². The summed E-state index contributed by atoms with van der Waals surface area (Å²) < 4.78 is 0. The van der Waals surface area contributed by atoms with E-state index < -0.39 is 4.92 Å². The highest BCUT2D eigenvalue weighted by molar-refractivity contribution is 7.08. The largest absolute Gasteiger partial charge is 0.345 e. The quantitative estimate of drug-likeness (QED) is 0.575. The maximum Gasteiger partial charge on any atom is 0.293 e. The number of carbonyl (C=O) groups excluding carboxylic acids is 1. The lowest BCUT2D eigenvalue weighted by atomic mass is 10.1. The number of nitrogens with zero attached hydrogens (tertiary/aromatic N) is 2. The number of H-pyrrole nitrogens is 1. The molecule has 24 heavy (non-hydrogen) atoms. The van der Waals surface area contributed by atoms with Crippen molar-refractivity contribution in [1.82, 2.24) is 9.88 Å². The van der Waals surface area contributed by atoms with E-state index in [4.69, 9.17) is 0 Å². The highest BCUT2D eigenvalue weighted by atomic mass is 32.1. The number of likely N-dealkylation sites (tertiary alicyclic amines) is 1. The number of benzene rings is 1. The van der Waals surface area contributed by atoms with E-state index in [0.29, 0.717) is 23.1 Å². The zero-order valence-electron chi connectivity index (χ0n) is 12.8. The Morgan fingerprint density at radius 2 is 2.25 bits per heavy atom. The molecule has 1 amide bonds. The van der Waals surface area contributed by atoms with Crippen molar-refractivity contribution in [3.8, 4) is 0 Å². The van der Waals surface area contributed by atoms with Gasteiger partial charge in [-0.05, 0) is 41.3 Å². The Morgan fingerprint density at radius 1 is 1.38 bits per heavy atom. The first kappa shape index (κ1) is 14.9. The average Bonchev–Trinajstić information content (AvgIpc) is 3.31. The summed E-state index contributed by atoms with van der Waals surface area (Å²) in [6, 6.07) is 8.69. The molecular weight excluding hydrogens is 326 g/mol. The molecule has 0 spiro atoms. The van der Waals surface area contributed by atoms with Gasteiger partial charge in [0.15, 0.2) is 0 Å². The standard InChI is InChI=1S/C17H15N3O3S/c21-17(19-7-2-5-14(19)12-6-8-24-10-12)13-9-11-3-1-4-15(20(22)23)16(11)18-13/h1,3-4,6,8-10,14,18H,2,5,7H2/t14-/m0/s1. The Balaban J connectivity index is 1.71. The molecule has 1 N–H and O–H groups in total. The van der Waals surface area contributed by atoms with Crippen LogP contribution in [0, 0.1) is 10.1 Å². The number of hydrogen-bond donors (Lipinski definition) is 1. The van der Waals surface area contributed by atoms with Crippen molar-refractivity contribution in [1.29, 1.82) is 0 Å². The van der Waals surface area contributed by atoms with Crippen LogP contribution in [0.4, 0.5) is 5.69 Å². The summed E-state index contributed by atoms with van der Waals surface area (Å²) >= 11 is 1.62. The van der Waals surface area contributed by atoms with Gasteiger partial charge < -0.3 is 9.88 Å². The molecule has 7 heteroatoms. The molecule has 4 rings (SSSR count). The number of nitrogens with one attached hydrogen (secondary N) is 1. The zero-order valence-corrected chi connectivity index (χ0v) is 13.6. The van der Waals surface area contributed by atoms with Crippen LogP contribution in [0.5, 0.6) is 0 Å². The first-order chi connectivity index (χ1) is 11.6. The monoisotopic (exact) mass is 341 g/mol. The number of carbonyl (C=O) groups is 1. The second kappa shape index (κ2) is 5.76. The predicted octanol–water partition coefficient (Wildman–Crippen LogP) is 4.11. The second-order valence-corrected chi connectivity index (χ2v) is 6.67. The van der Waals surface area contributed by atoms with Gasteiger partial charge in [0.1, 0.15) is 11.2 Å². The number of aromatic nitrogens is 1. The minimum Gasteiger partial charge on any atom is -0.345 e. The Labute approximate surface area is 141 Å². The normalized spacial score (nSPS) is 17.5. The Kier molecular flexibility index (Phi) is 3.57. The van der Waals surface area contributed by atoms with Crippen molar-refractivity contribution in [3.63, 3.8) is 0 Å². The van der Waals surface area contributed by atoms with Crippen molar-refractivity contribution in [2.75, 3.05) is 6.54 Å². The number of rotatable bonds is 3. The molecule has 1 aliphatic heterocycles. The van der Waals surface area contributed by atoms with Crippen LogP contribution in [0.1, 0.15) is 34.9 Å². The molecule has 0 unspecified atom stereocenters. The number of hydrogen-bond acceptors (Lipinski definition) is 4. The van der Waals surface area contributed by atoms with Gasteiger partial charge >= 0.3 is 0 Å². The van der Waals surface area contributed by atoms with Crippen molar-refractivity contribution in [2.24, 2.45) is 0 Å². The van der Waals surface area contributed by atoms with Crippen molar-refractivity contribution in [2.45, 2.75) is 18.9 Å². The molecule has 0 saturated carbocycles. The number of fused-ring (bicyclic) bond motifs is 1. The van der Waals surface area contributed by atoms with Crippen LogP contribution in [0.3, 0.4) is 0 Å². The fraction of sp³-hybridized carbons (Fsp3) is 0.235. The Bertz CT molecular complexity index is 916. The van der Waals surface area contributed by atoms with Gasteiger partial charge in [0.25, 0.3) is 11.6 Å². The molecule has 2 aromatic heterocycles. The van der Waals surface area contributed by atoms with E-state index in [1.54, 1.807) is 29.5 Å². The lowest BCUT2D eigenvalue weighted by Gasteiger charge is -2.23. The number of non-ortho nitro benzene ring substituents is 1. The van der Waals surface area contributed by atoms with E-state index in [9.17, 15) is 14.9 Å². The molecule has 0 bridgehead atoms. The molecule has 0 radical (unpaired) electrons. The Morgan fingerprint density at radius 3 is 3.00 bits per heavy atom. The van der Waals surface area contributed by atoms with Crippen LogP contribution >= 0.6 is 11.3 Å². The maximum absolute atomic E-state index is 12.9. The summed E-state index contributed by atoms with van der Waals surface area (Å²) in [6.45, 7) is 0.705. The molecule has 1 saturated heterocycles. The minimum atomic E-state index is -0.433. The topological polar surface area (TPSA) is 79.2 Å². The smallest absolute Gasteiger partial charge is 0.293 e. The van der Waals surface area contributed by atoms with E-state index in [1.807, 2.05) is 10.3 Å². The number of nitro groups is 1. The fourth-order valence-electron chi connectivity index (χ4n) is 3.38. The van der Waals surface area contributed by atoms with Crippen LogP contribution < -0.4 is 0 Å². The number of para-hydroxylation sites is 1. The summed E-state index contributed by atoms with van der Waals surface area (Å²) in [5.74, 6) is -0.103. The first-order valence-corrected chi connectivity index (χ1v) is 8.68. The van der Waals surface area contributed by atoms with E-state index in [0.717, 1.165) is 18.4 Å². The molecule has 122 valence electrons. The minimum absolute atomic E-state index is 0.0117. The fourth-order valence-corrected chi connectivity index (χ4v) is 4.09. The third-order valence-electron chi connectivity index (χ3n) is 4.50. The molecule has 1 atom stereocenters. The highest BCUT2D eigenvalue weighted by Crippen LogP contribution is 2.35. The van der Waals surface area contributed by atoms with Gasteiger partial charge in [0, 0.05) is 18.0 Å². The van der Waals surface area contributed by atoms with Gasteiger partial charge in [-0.3, -0.25) is 14.9 Å². The average molecular weight is 341 g/mol. The lowest BCUT2D eigenvalue weighted by Crippen LogP contribution is -2.30. The van der Waals surface area contributed by atoms with E-state index in [-0.39, 0.29) is 17.6 Å². The van der Waals surface area contributed by atoms with Gasteiger partial charge in [0.05, 0.1) is 11.0 Å². The summed E-state index contributed by atoms with van der Waals surface area (Å²) in [6.07, 6.45) is 1.91. The van der Waals surface area contributed by atoms with Gasteiger partial charge in [-0.1, -0.05) is 12.1 Å². The molecule has 1 aromatic carbocycles. The van der Waals surface area contributed by atoms with Crippen molar-refractivity contribution < 1.29 is 9.72 Å². The van der Waals surface area contributed by atoms with Gasteiger partial charge in [-0.25, -0.2) is 0 Å². The van der Waals surface area contributed by atoms with Crippen LogP contribution in [-0.2, 0) is 0 Å². The first-order valence-electron chi connectivity index (χ1n) is 7.74. The SMILES string of the molecule is O=C(c1cc2cccc([N+](=O)[O-])c2[nH]1)N1CCC[C@H]1c1ccsc1. The zero-order chi connectivity index (χ0) is 16.7. The molecule has 1 fully saturated rings. The predicted molar refractivity (Wildman–Crippen MR) is 92.3 cm³/mol. The number of amides is 1. The van der Waals surface area contributed by atoms with E-state index in [1.165, 1.54) is 6.07 Å². The van der Waals surface area contributed by atoms with Crippen LogP contribution in [0.25, 0.3) is 10.9 Å². The molecule has 1 aliphatic rings. The van der Waals surface area contributed by atoms with E-state index >= 15 is 0 Å². The third-order valence-corrected chi connectivity index (χ3v) is 5.20.